The molecule has 0 fully saturated rings. The van der Waals surface area contributed by atoms with Gasteiger partial charge in [-0.2, -0.15) is 0 Å². The summed E-state index contributed by atoms with van der Waals surface area (Å²) in [6.45, 7) is 14.6. The van der Waals surface area contributed by atoms with Gasteiger partial charge in [0.15, 0.2) is 0 Å². The van der Waals surface area contributed by atoms with Crippen LogP contribution >= 0.6 is 0 Å². The Labute approximate surface area is 155 Å². The minimum atomic E-state index is 0.904. The first kappa shape index (κ1) is 24.0. The molecule has 0 N–H and O–H groups in total. The Hall–Kier alpha value is 0. The fourth-order valence-electron chi connectivity index (χ4n) is 4.56. The van der Waals surface area contributed by atoms with Crippen LogP contribution in [0, 0.1) is 23.7 Å². The van der Waals surface area contributed by atoms with E-state index in [0.717, 1.165) is 23.7 Å². The summed E-state index contributed by atoms with van der Waals surface area (Å²) in [5.74, 6) is 3.72. The summed E-state index contributed by atoms with van der Waals surface area (Å²) in [7, 11) is 0. The van der Waals surface area contributed by atoms with Gasteiger partial charge in [-0.3, -0.25) is 0 Å². The third-order valence-electron chi connectivity index (χ3n) is 6.72. The van der Waals surface area contributed by atoms with Gasteiger partial charge in [0.1, 0.15) is 0 Å². The van der Waals surface area contributed by atoms with Crippen LogP contribution in [0.15, 0.2) is 0 Å². The van der Waals surface area contributed by atoms with Crippen LogP contribution in [0.3, 0.4) is 0 Å². The van der Waals surface area contributed by atoms with E-state index in [1.807, 2.05) is 0 Å². The molecule has 24 heavy (non-hydrogen) atoms. The molecule has 4 atom stereocenters. The van der Waals surface area contributed by atoms with Crippen LogP contribution in [0.2, 0.25) is 0 Å². The van der Waals surface area contributed by atoms with Crippen molar-refractivity contribution in [3.8, 4) is 0 Å². The normalized spacial score (nSPS) is 16.8. The van der Waals surface area contributed by atoms with Crippen LogP contribution < -0.4 is 0 Å². The fourth-order valence-corrected chi connectivity index (χ4v) is 4.56. The van der Waals surface area contributed by atoms with Crippen molar-refractivity contribution in [2.45, 2.75) is 131 Å². The molecule has 0 spiro atoms. The second-order valence-corrected chi connectivity index (χ2v) is 8.46. The number of hydrogen-bond donors (Lipinski definition) is 0. The molecule has 0 saturated carbocycles. The third kappa shape index (κ3) is 10.8. The van der Waals surface area contributed by atoms with Crippen molar-refractivity contribution in [2.75, 3.05) is 0 Å². The lowest BCUT2D eigenvalue weighted by atomic mass is 9.72. The van der Waals surface area contributed by atoms with Gasteiger partial charge in [-0.05, 0) is 23.7 Å². The molecule has 0 aromatic carbocycles. The Balaban J connectivity index is 4.20. The fraction of sp³-hybridized carbons (Fsp3) is 1.00. The van der Waals surface area contributed by atoms with E-state index >= 15 is 0 Å². The molecule has 0 aliphatic rings. The smallest absolute Gasteiger partial charge is 0.0386 e. The third-order valence-corrected chi connectivity index (χ3v) is 6.72. The van der Waals surface area contributed by atoms with Crippen LogP contribution in [0.25, 0.3) is 0 Å². The van der Waals surface area contributed by atoms with Crippen LogP contribution in [0.1, 0.15) is 131 Å². The molecule has 0 saturated heterocycles. The summed E-state index contributed by atoms with van der Waals surface area (Å²) in [6.07, 6.45) is 20.0. The van der Waals surface area contributed by atoms with Crippen LogP contribution in [-0.2, 0) is 0 Å². The number of rotatable bonds is 17. The summed E-state index contributed by atoms with van der Waals surface area (Å²) in [5, 5.41) is 0. The van der Waals surface area contributed by atoms with Gasteiger partial charge in [-0.25, -0.2) is 0 Å². The average molecular weight is 339 g/mol. The van der Waals surface area contributed by atoms with Crippen molar-refractivity contribution >= 4 is 0 Å². The molecule has 0 rings (SSSR count). The molecule has 0 aliphatic carbocycles. The van der Waals surface area contributed by atoms with Crippen LogP contribution in [0.5, 0.6) is 0 Å². The summed E-state index contributed by atoms with van der Waals surface area (Å²) in [5.41, 5.74) is 0. The second kappa shape index (κ2) is 16.5. The van der Waals surface area contributed by atoms with E-state index in [1.165, 1.54) is 89.9 Å². The maximum Gasteiger partial charge on any atom is -0.0386 e. The number of hydrogen-bond acceptors (Lipinski definition) is 0. The highest BCUT2D eigenvalue weighted by Gasteiger charge is 2.26. The monoisotopic (exact) mass is 338 g/mol. The summed E-state index contributed by atoms with van der Waals surface area (Å²) in [6, 6.07) is 0. The van der Waals surface area contributed by atoms with E-state index in [1.54, 1.807) is 0 Å². The SMILES string of the molecule is CCCCCCCC(CC)C(C)C(C)C(CC)CCCCCCC. The van der Waals surface area contributed by atoms with Gasteiger partial charge in [0, 0.05) is 0 Å². The maximum atomic E-state index is 2.56. The Bertz CT molecular complexity index is 218. The molecule has 4 unspecified atom stereocenters. The van der Waals surface area contributed by atoms with E-state index in [2.05, 4.69) is 41.5 Å². The predicted molar refractivity (Wildman–Crippen MR) is 113 cm³/mol. The highest BCUT2D eigenvalue weighted by atomic mass is 14.3. The first-order valence-electron chi connectivity index (χ1n) is 11.6. The Kier molecular flexibility index (Phi) is 16.5. The zero-order valence-electron chi connectivity index (χ0n) is 18.2. The Morgan fingerprint density at radius 2 is 0.792 bits per heavy atom. The zero-order valence-corrected chi connectivity index (χ0v) is 18.2. The van der Waals surface area contributed by atoms with E-state index in [9.17, 15) is 0 Å². The molecule has 0 radical (unpaired) electrons. The van der Waals surface area contributed by atoms with Gasteiger partial charge in [-0.15, -0.1) is 0 Å². The highest BCUT2D eigenvalue weighted by Crippen LogP contribution is 2.35. The van der Waals surface area contributed by atoms with Crippen molar-refractivity contribution in [3.05, 3.63) is 0 Å². The van der Waals surface area contributed by atoms with Gasteiger partial charge in [0.25, 0.3) is 0 Å². The molecule has 0 aromatic heterocycles. The minimum absolute atomic E-state index is 0.904. The van der Waals surface area contributed by atoms with Crippen LogP contribution in [0.4, 0.5) is 0 Å². The van der Waals surface area contributed by atoms with E-state index in [4.69, 9.17) is 0 Å². The second-order valence-electron chi connectivity index (χ2n) is 8.46. The Morgan fingerprint density at radius 1 is 0.458 bits per heavy atom. The zero-order chi connectivity index (χ0) is 18.2. The largest absolute Gasteiger partial charge is 0.0654 e. The summed E-state index contributed by atoms with van der Waals surface area (Å²) in [4.78, 5) is 0. The minimum Gasteiger partial charge on any atom is -0.0654 e. The lowest BCUT2D eigenvalue weighted by Crippen LogP contribution is -2.25. The van der Waals surface area contributed by atoms with E-state index in [0.29, 0.717) is 0 Å². The molecular formula is C24H50. The molecule has 0 amide bonds. The first-order valence-corrected chi connectivity index (χ1v) is 11.6. The quantitative estimate of drug-likeness (QED) is 0.232. The Morgan fingerprint density at radius 3 is 1.08 bits per heavy atom. The first-order chi connectivity index (χ1) is 11.6. The molecule has 0 nitrogen and oxygen atoms in total. The highest BCUT2D eigenvalue weighted by molar-refractivity contribution is 4.76. The van der Waals surface area contributed by atoms with E-state index in [-0.39, 0.29) is 0 Å². The molecular weight excluding hydrogens is 288 g/mol. The van der Waals surface area contributed by atoms with Crippen molar-refractivity contribution in [3.63, 3.8) is 0 Å². The summed E-state index contributed by atoms with van der Waals surface area (Å²) < 4.78 is 0. The van der Waals surface area contributed by atoms with Gasteiger partial charge in [0.05, 0.1) is 0 Å². The molecule has 0 heteroatoms. The lowest BCUT2D eigenvalue weighted by molar-refractivity contribution is 0.164. The number of unbranched alkanes of at least 4 members (excludes halogenated alkanes) is 8. The average Bonchev–Trinajstić information content (AvgIpc) is 2.60. The van der Waals surface area contributed by atoms with Crippen molar-refractivity contribution in [1.29, 1.82) is 0 Å². The van der Waals surface area contributed by atoms with Gasteiger partial charge >= 0.3 is 0 Å². The molecule has 0 bridgehead atoms. The van der Waals surface area contributed by atoms with Crippen molar-refractivity contribution < 1.29 is 0 Å². The van der Waals surface area contributed by atoms with Gasteiger partial charge < -0.3 is 0 Å². The van der Waals surface area contributed by atoms with Crippen LogP contribution in [-0.4, -0.2) is 0 Å². The molecule has 0 heterocycles. The van der Waals surface area contributed by atoms with E-state index < -0.39 is 0 Å². The topological polar surface area (TPSA) is 0 Å². The van der Waals surface area contributed by atoms with Gasteiger partial charge in [-0.1, -0.05) is 131 Å². The molecule has 0 aliphatic heterocycles. The maximum absolute atomic E-state index is 2.56. The predicted octanol–water partition coefficient (Wildman–Crippen LogP) is 9.03. The molecule has 146 valence electrons. The van der Waals surface area contributed by atoms with Crippen molar-refractivity contribution in [1.82, 2.24) is 0 Å². The standard InChI is InChI=1S/C24H50/c1-7-11-13-15-17-19-23(9-3)21(5)22(6)24(10-4)20-18-16-14-12-8-2/h21-24H,7-20H2,1-6H3. The summed E-state index contributed by atoms with van der Waals surface area (Å²) >= 11 is 0. The molecule has 0 aromatic rings. The van der Waals surface area contributed by atoms with Gasteiger partial charge in [0.2, 0.25) is 0 Å². The lowest BCUT2D eigenvalue weighted by Gasteiger charge is -2.34. The van der Waals surface area contributed by atoms with Crippen molar-refractivity contribution in [2.24, 2.45) is 23.7 Å².